The SMILES string of the molecule is COCCN(CCCc1ccccc1)C(=O)Cc1ccc(NS(=O)(=O)c2cccs2)cc1. The first-order valence-corrected chi connectivity index (χ1v) is 12.8. The van der Waals surface area contributed by atoms with Crippen LogP contribution in [0.1, 0.15) is 17.5 Å². The minimum atomic E-state index is -3.58. The van der Waals surface area contributed by atoms with Crippen LogP contribution in [0.15, 0.2) is 76.3 Å². The number of nitrogens with zero attached hydrogens (tertiary/aromatic N) is 1. The normalized spacial score (nSPS) is 11.3. The van der Waals surface area contributed by atoms with E-state index < -0.39 is 10.0 Å². The van der Waals surface area contributed by atoms with Crippen molar-refractivity contribution in [2.24, 2.45) is 0 Å². The van der Waals surface area contributed by atoms with Crippen LogP contribution in [0.3, 0.4) is 0 Å². The molecule has 3 aromatic rings. The van der Waals surface area contributed by atoms with Gasteiger partial charge < -0.3 is 9.64 Å². The van der Waals surface area contributed by atoms with Crippen molar-refractivity contribution >= 4 is 33.0 Å². The van der Waals surface area contributed by atoms with E-state index in [4.69, 9.17) is 4.74 Å². The smallest absolute Gasteiger partial charge is 0.271 e. The van der Waals surface area contributed by atoms with Gasteiger partial charge in [0, 0.05) is 25.9 Å². The fourth-order valence-corrected chi connectivity index (χ4v) is 5.33. The van der Waals surface area contributed by atoms with Gasteiger partial charge in [-0.25, -0.2) is 8.42 Å². The number of hydrogen-bond acceptors (Lipinski definition) is 5. The average molecular weight is 473 g/mol. The number of amides is 1. The standard InChI is InChI=1S/C24H28N2O4S2/c1-30-17-16-26(15-5-9-20-7-3-2-4-8-20)23(27)19-21-11-13-22(14-12-21)25-32(28,29)24-10-6-18-31-24/h2-4,6-8,10-14,18,25H,5,9,15-17,19H2,1H3. The van der Waals surface area contributed by atoms with E-state index in [1.165, 1.54) is 5.56 Å². The summed E-state index contributed by atoms with van der Waals surface area (Å²) >= 11 is 1.16. The zero-order valence-corrected chi connectivity index (χ0v) is 19.7. The van der Waals surface area contributed by atoms with Crippen molar-refractivity contribution in [2.45, 2.75) is 23.5 Å². The summed E-state index contributed by atoms with van der Waals surface area (Å²) < 4.78 is 32.7. The number of ether oxygens (including phenoxy) is 1. The summed E-state index contributed by atoms with van der Waals surface area (Å²) in [6.07, 6.45) is 2.05. The number of aryl methyl sites for hydroxylation is 1. The first-order valence-electron chi connectivity index (χ1n) is 10.4. The Kier molecular flexibility index (Phi) is 8.84. The number of rotatable bonds is 12. The number of nitrogens with one attached hydrogen (secondary N) is 1. The van der Waals surface area contributed by atoms with Crippen LogP contribution in [0.5, 0.6) is 0 Å². The van der Waals surface area contributed by atoms with E-state index >= 15 is 0 Å². The average Bonchev–Trinajstić information content (AvgIpc) is 3.34. The van der Waals surface area contributed by atoms with E-state index in [-0.39, 0.29) is 16.5 Å². The Hall–Kier alpha value is -2.68. The van der Waals surface area contributed by atoms with Crippen molar-refractivity contribution in [2.75, 3.05) is 31.5 Å². The second-order valence-corrected chi connectivity index (χ2v) is 10.2. The van der Waals surface area contributed by atoms with Crippen molar-refractivity contribution in [3.8, 4) is 0 Å². The van der Waals surface area contributed by atoms with Gasteiger partial charge in [0.1, 0.15) is 4.21 Å². The molecular weight excluding hydrogens is 444 g/mol. The topological polar surface area (TPSA) is 75.7 Å². The van der Waals surface area contributed by atoms with Gasteiger partial charge in [0.15, 0.2) is 0 Å². The van der Waals surface area contributed by atoms with Gasteiger partial charge >= 0.3 is 0 Å². The van der Waals surface area contributed by atoms with Crippen molar-refractivity contribution in [1.29, 1.82) is 0 Å². The lowest BCUT2D eigenvalue weighted by Gasteiger charge is -2.22. The summed E-state index contributed by atoms with van der Waals surface area (Å²) in [5.41, 5.74) is 2.56. The number of hydrogen-bond donors (Lipinski definition) is 1. The second kappa shape index (κ2) is 11.8. The molecule has 0 atom stereocenters. The number of sulfonamides is 1. The highest BCUT2D eigenvalue weighted by Crippen LogP contribution is 2.20. The number of methoxy groups -OCH3 is 1. The molecule has 0 spiro atoms. The molecule has 32 heavy (non-hydrogen) atoms. The van der Waals surface area contributed by atoms with Gasteiger partial charge in [-0.2, -0.15) is 0 Å². The fourth-order valence-electron chi connectivity index (χ4n) is 3.28. The first kappa shape index (κ1) is 24.0. The maximum atomic E-state index is 12.9. The molecule has 1 amide bonds. The second-order valence-electron chi connectivity index (χ2n) is 7.37. The Morgan fingerprint density at radius 1 is 0.969 bits per heavy atom. The Balaban J connectivity index is 1.56. The molecule has 0 saturated carbocycles. The van der Waals surface area contributed by atoms with Crippen molar-refractivity contribution in [3.05, 3.63) is 83.2 Å². The molecule has 1 aromatic heterocycles. The van der Waals surface area contributed by atoms with Gasteiger partial charge in [-0.05, 0) is 47.5 Å². The molecule has 1 heterocycles. The Morgan fingerprint density at radius 2 is 1.72 bits per heavy atom. The maximum absolute atomic E-state index is 12.9. The van der Waals surface area contributed by atoms with Crippen LogP contribution < -0.4 is 4.72 Å². The predicted octanol–water partition coefficient (Wildman–Crippen LogP) is 4.20. The van der Waals surface area contributed by atoms with Crippen LogP contribution >= 0.6 is 11.3 Å². The molecular formula is C24H28N2O4S2. The molecule has 6 nitrogen and oxygen atoms in total. The van der Waals surface area contributed by atoms with Crippen molar-refractivity contribution < 1.29 is 17.9 Å². The summed E-state index contributed by atoms with van der Waals surface area (Å²) in [6, 6.07) is 20.4. The van der Waals surface area contributed by atoms with E-state index in [9.17, 15) is 13.2 Å². The van der Waals surface area contributed by atoms with E-state index in [0.717, 1.165) is 29.7 Å². The van der Waals surface area contributed by atoms with E-state index in [1.807, 2.05) is 23.1 Å². The van der Waals surface area contributed by atoms with Gasteiger partial charge in [0.05, 0.1) is 13.0 Å². The lowest BCUT2D eigenvalue weighted by molar-refractivity contribution is -0.131. The molecule has 0 aliphatic carbocycles. The molecule has 2 aromatic carbocycles. The van der Waals surface area contributed by atoms with Crippen molar-refractivity contribution in [1.82, 2.24) is 4.90 Å². The minimum Gasteiger partial charge on any atom is -0.383 e. The van der Waals surface area contributed by atoms with Crippen LogP contribution in [0.25, 0.3) is 0 Å². The van der Waals surface area contributed by atoms with Crippen LogP contribution in [-0.2, 0) is 32.4 Å². The molecule has 1 N–H and O–H groups in total. The maximum Gasteiger partial charge on any atom is 0.271 e. The molecule has 8 heteroatoms. The van der Waals surface area contributed by atoms with Gasteiger partial charge in [-0.15, -0.1) is 11.3 Å². The minimum absolute atomic E-state index is 0.0297. The third-order valence-corrected chi connectivity index (χ3v) is 7.75. The lowest BCUT2D eigenvalue weighted by atomic mass is 10.1. The molecule has 0 aliphatic heterocycles. The molecule has 3 rings (SSSR count). The van der Waals surface area contributed by atoms with E-state index in [0.29, 0.717) is 25.4 Å². The van der Waals surface area contributed by atoms with Gasteiger partial charge in [0.25, 0.3) is 10.0 Å². The molecule has 0 radical (unpaired) electrons. The Bertz CT molecular complexity index is 1070. The van der Waals surface area contributed by atoms with E-state index in [2.05, 4.69) is 16.9 Å². The van der Waals surface area contributed by atoms with Gasteiger partial charge in [-0.3, -0.25) is 9.52 Å². The quantitative estimate of drug-likeness (QED) is 0.429. The predicted molar refractivity (Wildman–Crippen MR) is 128 cm³/mol. The van der Waals surface area contributed by atoms with Gasteiger partial charge in [0.2, 0.25) is 5.91 Å². The monoisotopic (exact) mass is 472 g/mol. The number of carbonyl (C=O) groups excluding carboxylic acids is 1. The van der Waals surface area contributed by atoms with Crippen LogP contribution in [-0.4, -0.2) is 46.0 Å². The summed E-state index contributed by atoms with van der Waals surface area (Å²) in [5.74, 6) is 0.0297. The summed E-state index contributed by atoms with van der Waals surface area (Å²) in [5, 5.41) is 1.72. The van der Waals surface area contributed by atoms with Crippen LogP contribution in [0, 0.1) is 0 Å². The highest BCUT2D eigenvalue weighted by molar-refractivity contribution is 7.94. The molecule has 0 saturated heterocycles. The van der Waals surface area contributed by atoms with Crippen LogP contribution in [0.2, 0.25) is 0 Å². The summed E-state index contributed by atoms with van der Waals surface area (Å²) in [6.45, 7) is 1.69. The number of anilines is 1. The zero-order chi connectivity index (χ0) is 22.8. The Morgan fingerprint density at radius 3 is 2.38 bits per heavy atom. The molecule has 0 bridgehead atoms. The number of thiophene rings is 1. The van der Waals surface area contributed by atoms with E-state index in [1.54, 1.807) is 48.9 Å². The fraction of sp³-hybridized carbons (Fsp3) is 0.292. The summed E-state index contributed by atoms with van der Waals surface area (Å²) in [4.78, 5) is 14.7. The van der Waals surface area contributed by atoms with Crippen LogP contribution in [0.4, 0.5) is 5.69 Å². The van der Waals surface area contributed by atoms with Gasteiger partial charge in [-0.1, -0.05) is 48.5 Å². The summed E-state index contributed by atoms with van der Waals surface area (Å²) in [7, 11) is -1.96. The third-order valence-electron chi connectivity index (χ3n) is 4.98. The number of carbonyl (C=O) groups is 1. The molecule has 0 fully saturated rings. The molecule has 0 aliphatic rings. The highest BCUT2D eigenvalue weighted by Gasteiger charge is 2.16. The highest BCUT2D eigenvalue weighted by atomic mass is 32.2. The Labute approximate surface area is 193 Å². The lowest BCUT2D eigenvalue weighted by Crippen LogP contribution is -2.36. The third kappa shape index (κ3) is 7.19. The number of benzene rings is 2. The zero-order valence-electron chi connectivity index (χ0n) is 18.1. The first-order chi connectivity index (χ1) is 15.5. The molecule has 0 unspecified atom stereocenters. The largest absolute Gasteiger partial charge is 0.383 e. The molecule has 170 valence electrons. The van der Waals surface area contributed by atoms with Crippen molar-refractivity contribution in [3.63, 3.8) is 0 Å².